The molecule has 23 heavy (non-hydrogen) atoms. The Morgan fingerprint density at radius 3 is 2.57 bits per heavy atom. The van der Waals surface area contributed by atoms with E-state index in [1.54, 1.807) is 4.90 Å². The van der Waals surface area contributed by atoms with Gasteiger partial charge in [-0.2, -0.15) is 0 Å². The molecule has 1 atom stereocenters. The highest BCUT2D eigenvalue weighted by Gasteiger charge is 2.28. The molecule has 2 amide bonds. The number of aryl methyl sites for hydroxylation is 3. The van der Waals surface area contributed by atoms with Crippen LogP contribution in [0.4, 0.5) is 16.2 Å². The zero-order chi connectivity index (χ0) is 16.6. The van der Waals surface area contributed by atoms with E-state index in [0.29, 0.717) is 6.54 Å². The lowest BCUT2D eigenvalue weighted by Crippen LogP contribution is -2.44. The van der Waals surface area contributed by atoms with Crippen LogP contribution in [0.25, 0.3) is 0 Å². The van der Waals surface area contributed by atoms with Gasteiger partial charge in [0.05, 0.1) is 12.2 Å². The Bertz CT molecular complexity index is 755. The van der Waals surface area contributed by atoms with E-state index in [1.165, 1.54) is 5.56 Å². The topological polar surface area (TPSA) is 41.6 Å². The quantitative estimate of drug-likeness (QED) is 0.846. The normalized spacial score (nSPS) is 16.5. The van der Waals surface area contributed by atoms with Gasteiger partial charge in [0.25, 0.3) is 0 Å². The highest BCUT2D eigenvalue weighted by molar-refractivity contribution is 6.03. The molecular weight excluding hydrogens is 288 g/mol. The molecule has 0 radical (unpaired) electrons. The molecule has 2 aromatic rings. The van der Waals surface area contributed by atoms with Crippen molar-refractivity contribution < 1.29 is 9.53 Å². The molecule has 2 aromatic carbocycles. The van der Waals surface area contributed by atoms with Crippen LogP contribution in [0.5, 0.6) is 5.75 Å². The second kappa shape index (κ2) is 5.95. The number of ether oxygens (including phenoxy) is 1. The fourth-order valence-corrected chi connectivity index (χ4v) is 2.88. The van der Waals surface area contributed by atoms with Crippen molar-refractivity contribution in [2.75, 3.05) is 16.8 Å². The minimum absolute atomic E-state index is 0.0323. The average molecular weight is 310 g/mol. The Morgan fingerprint density at radius 1 is 1.13 bits per heavy atom. The molecule has 4 nitrogen and oxygen atoms in total. The van der Waals surface area contributed by atoms with Gasteiger partial charge < -0.3 is 10.1 Å². The Balaban J connectivity index is 1.89. The molecule has 3 rings (SSSR count). The van der Waals surface area contributed by atoms with Crippen LogP contribution >= 0.6 is 0 Å². The molecule has 0 fully saturated rings. The Kier molecular flexibility index (Phi) is 3.99. The van der Waals surface area contributed by atoms with Gasteiger partial charge in [0.2, 0.25) is 0 Å². The van der Waals surface area contributed by atoms with Crippen LogP contribution in [0, 0.1) is 20.8 Å². The lowest BCUT2D eigenvalue weighted by molar-refractivity contribution is 0.208. The summed E-state index contributed by atoms with van der Waals surface area (Å²) >= 11 is 0. The fraction of sp³-hybridized carbons (Fsp3) is 0.316. The molecule has 1 aliphatic heterocycles. The first kappa shape index (κ1) is 15.4. The van der Waals surface area contributed by atoms with Gasteiger partial charge in [-0.05, 0) is 57.0 Å². The Hall–Kier alpha value is -2.49. The van der Waals surface area contributed by atoms with Gasteiger partial charge in [0, 0.05) is 5.69 Å². The van der Waals surface area contributed by atoms with Crippen molar-refractivity contribution in [1.29, 1.82) is 0 Å². The lowest BCUT2D eigenvalue weighted by Gasteiger charge is -2.33. The Morgan fingerprint density at radius 2 is 1.83 bits per heavy atom. The number of fused-ring (bicyclic) bond motifs is 1. The fourth-order valence-electron chi connectivity index (χ4n) is 2.88. The predicted octanol–water partition coefficient (Wildman–Crippen LogP) is 4.43. The van der Waals surface area contributed by atoms with E-state index in [0.717, 1.165) is 28.3 Å². The molecular formula is C19H22N2O2. The maximum absolute atomic E-state index is 12.8. The standard InChI is InChI=1S/C19H22N2O2/c1-12-5-7-16(14(3)9-12)20-19(22)21-11-15(4)23-18-8-6-13(2)10-17(18)21/h5-10,15H,11H2,1-4H3,(H,20,22)/t15-/m1/s1. The summed E-state index contributed by atoms with van der Waals surface area (Å²) in [4.78, 5) is 14.5. The molecule has 1 heterocycles. The maximum atomic E-state index is 12.8. The van der Waals surface area contributed by atoms with E-state index in [1.807, 2.05) is 58.0 Å². The number of carbonyl (C=O) groups excluding carboxylic acids is 1. The van der Waals surface area contributed by atoms with Gasteiger partial charge in [-0.3, -0.25) is 4.90 Å². The molecule has 0 saturated carbocycles. The van der Waals surface area contributed by atoms with E-state index in [9.17, 15) is 4.79 Å². The van der Waals surface area contributed by atoms with Crippen LogP contribution in [0.15, 0.2) is 36.4 Å². The number of benzene rings is 2. The molecule has 0 aromatic heterocycles. The van der Waals surface area contributed by atoms with Crippen LogP contribution in [-0.2, 0) is 0 Å². The number of anilines is 2. The van der Waals surface area contributed by atoms with Crippen molar-refractivity contribution in [2.45, 2.75) is 33.8 Å². The molecule has 0 saturated heterocycles. The summed E-state index contributed by atoms with van der Waals surface area (Å²) in [5.74, 6) is 0.755. The molecule has 1 aliphatic rings. The first-order valence-electron chi connectivity index (χ1n) is 7.87. The van der Waals surface area contributed by atoms with Crippen molar-refractivity contribution in [2.24, 2.45) is 0 Å². The highest BCUT2D eigenvalue weighted by atomic mass is 16.5. The second-order valence-electron chi connectivity index (χ2n) is 6.26. The zero-order valence-corrected chi connectivity index (χ0v) is 14.0. The third-order valence-corrected chi connectivity index (χ3v) is 4.04. The minimum Gasteiger partial charge on any atom is -0.487 e. The number of rotatable bonds is 1. The predicted molar refractivity (Wildman–Crippen MR) is 93.5 cm³/mol. The highest BCUT2D eigenvalue weighted by Crippen LogP contribution is 2.34. The first-order chi connectivity index (χ1) is 10.9. The van der Waals surface area contributed by atoms with E-state index >= 15 is 0 Å². The van der Waals surface area contributed by atoms with Gasteiger partial charge in [-0.25, -0.2) is 4.79 Å². The second-order valence-corrected chi connectivity index (χ2v) is 6.26. The molecule has 0 aliphatic carbocycles. The zero-order valence-electron chi connectivity index (χ0n) is 14.0. The third kappa shape index (κ3) is 3.16. The van der Waals surface area contributed by atoms with Gasteiger partial charge >= 0.3 is 6.03 Å². The van der Waals surface area contributed by atoms with Crippen LogP contribution in [-0.4, -0.2) is 18.7 Å². The molecule has 4 heteroatoms. The van der Waals surface area contributed by atoms with Crippen molar-refractivity contribution >= 4 is 17.4 Å². The van der Waals surface area contributed by atoms with E-state index in [-0.39, 0.29) is 12.1 Å². The third-order valence-electron chi connectivity index (χ3n) is 4.04. The summed E-state index contributed by atoms with van der Waals surface area (Å²) in [5, 5.41) is 3.02. The Labute approximate surface area is 137 Å². The van der Waals surface area contributed by atoms with Gasteiger partial charge in [0.1, 0.15) is 11.9 Å². The van der Waals surface area contributed by atoms with Crippen LogP contribution < -0.4 is 15.0 Å². The average Bonchev–Trinajstić information content (AvgIpc) is 2.49. The summed E-state index contributed by atoms with van der Waals surface area (Å²) in [6.45, 7) is 8.57. The number of hydrogen-bond acceptors (Lipinski definition) is 2. The van der Waals surface area contributed by atoms with Crippen molar-refractivity contribution in [3.05, 3.63) is 53.1 Å². The number of nitrogens with zero attached hydrogens (tertiary/aromatic N) is 1. The number of amides is 2. The number of urea groups is 1. The first-order valence-corrected chi connectivity index (χ1v) is 7.87. The van der Waals surface area contributed by atoms with E-state index in [4.69, 9.17) is 4.74 Å². The smallest absolute Gasteiger partial charge is 0.326 e. The van der Waals surface area contributed by atoms with Crippen molar-refractivity contribution in [3.63, 3.8) is 0 Å². The number of carbonyl (C=O) groups is 1. The number of nitrogens with one attached hydrogen (secondary N) is 1. The molecule has 0 bridgehead atoms. The van der Waals surface area contributed by atoms with Crippen LogP contribution in [0.3, 0.4) is 0 Å². The molecule has 120 valence electrons. The SMILES string of the molecule is Cc1ccc(NC(=O)N2C[C@@H](C)Oc3ccc(C)cc32)c(C)c1. The van der Waals surface area contributed by atoms with E-state index < -0.39 is 0 Å². The van der Waals surface area contributed by atoms with E-state index in [2.05, 4.69) is 11.4 Å². The summed E-state index contributed by atoms with van der Waals surface area (Å²) < 4.78 is 5.84. The van der Waals surface area contributed by atoms with Crippen molar-refractivity contribution in [3.8, 4) is 5.75 Å². The summed E-state index contributed by atoms with van der Waals surface area (Å²) in [7, 11) is 0. The van der Waals surface area contributed by atoms with Gasteiger partial charge in [0.15, 0.2) is 0 Å². The summed E-state index contributed by atoms with van der Waals surface area (Å²) in [5.41, 5.74) is 5.01. The lowest BCUT2D eigenvalue weighted by atomic mass is 10.1. The van der Waals surface area contributed by atoms with Crippen LogP contribution in [0.1, 0.15) is 23.6 Å². The molecule has 0 spiro atoms. The monoisotopic (exact) mass is 310 g/mol. The summed E-state index contributed by atoms with van der Waals surface area (Å²) in [6, 6.07) is 11.8. The van der Waals surface area contributed by atoms with Crippen LogP contribution in [0.2, 0.25) is 0 Å². The molecule has 0 unspecified atom stereocenters. The molecule has 1 N–H and O–H groups in total. The summed E-state index contributed by atoms with van der Waals surface area (Å²) in [6.07, 6.45) is -0.0323. The number of hydrogen-bond donors (Lipinski definition) is 1. The minimum atomic E-state index is -0.126. The largest absolute Gasteiger partial charge is 0.487 e. The van der Waals surface area contributed by atoms with Crippen molar-refractivity contribution in [1.82, 2.24) is 0 Å². The van der Waals surface area contributed by atoms with Gasteiger partial charge in [-0.15, -0.1) is 0 Å². The maximum Gasteiger partial charge on any atom is 0.326 e. The van der Waals surface area contributed by atoms with Gasteiger partial charge in [-0.1, -0.05) is 23.8 Å².